The number of piperidine rings is 1. The van der Waals surface area contributed by atoms with E-state index in [0.29, 0.717) is 43.8 Å². The monoisotopic (exact) mass is 314 g/mol. The number of likely N-dealkylation sites (tertiary alicyclic amines) is 1. The van der Waals surface area contributed by atoms with E-state index in [-0.39, 0.29) is 6.03 Å². The molecule has 2 aliphatic heterocycles. The Morgan fingerprint density at radius 1 is 1.14 bits per heavy atom. The molecule has 2 heterocycles. The highest BCUT2D eigenvalue weighted by Gasteiger charge is 2.33. The van der Waals surface area contributed by atoms with Gasteiger partial charge in [0.05, 0.1) is 18.8 Å². The van der Waals surface area contributed by atoms with Crippen molar-refractivity contribution in [3.63, 3.8) is 0 Å². The highest BCUT2D eigenvalue weighted by atomic mass is 19.4. The number of urea groups is 1. The zero-order chi connectivity index (χ0) is 15.7. The van der Waals surface area contributed by atoms with Crippen molar-refractivity contribution in [1.29, 1.82) is 0 Å². The van der Waals surface area contributed by atoms with E-state index in [1.165, 1.54) is 12.1 Å². The number of hydrogen-bond acceptors (Lipinski definition) is 2. The molecule has 1 aromatic carbocycles. The minimum atomic E-state index is -4.37. The molecule has 0 aliphatic carbocycles. The quantitative estimate of drug-likeness (QED) is 0.865. The topological polar surface area (TPSA) is 41.6 Å². The molecule has 0 spiro atoms. The van der Waals surface area contributed by atoms with Crippen molar-refractivity contribution in [3.05, 3.63) is 29.8 Å². The van der Waals surface area contributed by atoms with Gasteiger partial charge < -0.3 is 15.0 Å². The predicted molar refractivity (Wildman–Crippen MR) is 74.5 cm³/mol. The Bertz CT molecular complexity index is 533. The maximum atomic E-state index is 12.5. The average Bonchev–Trinajstić information content (AvgIpc) is 2.46. The molecule has 2 amide bonds. The number of anilines is 1. The van der Waals surface area contributed by atoms with Crippen LogP contribution in [-0.4, -0.2) is 37.2 Å². The summed E-state index contributed by atoms with van der Waals surface area (Å²) in [5, 5.41) is 2.66. The Balaban J connectivity index is 1.62. The Morgan fingerprint density at radius 2 is 1.73 bits per heavy atom. The SMILES string of the molecule is O=C(Nc1ccc(C(F)(F)F)cc1)N1CC2COCC(C2)C1. The van der Waals surface area contributed by atoms with Crippen LogP contribution in [-0.2, 0) is 10.9 Å². The van der Waals surface area contributed by atoms with Crippen molar-refractivity contribution < 1.29 is 22.7 Å². The van der Waals surface area contributed by atoms with Gasteiger partial charge in [0.1, 0.15) is 0 Å². The largest absolute Gasteiger partial charge is 0.416 e. The third kappa shape index (κ3) is 3.35. The van der Waals surface area contributed by atoms with Gasteiger partial charge in [-0.25, -0.2) is 4.79 Å². The first-order chi connectivity index (χ1) is 10.4. The van der Waals surface area contributed by atoms with Crippen LogP contribution in [0.4, 0.5) is 23.7 Å². The van der Waals surface area contributed by atoms with Crippen molar-refractivity contribution in [2.45, 2.75) is 12.6 Å². The summed E-state index contributed by atoms with van der Waals surface area (Å²) in [6, 6.07) is 4.21. The molecule has 2 fully saturated rings. The number of benzene rings is 1. The van der Waals surface area contributed by atoms with Gasteiger partial charge in [-0.2, -0.15) is 13.2 Å². The van der Waals surface area contributed by atoms with Crippen LogP contribution in [0.3, 0.4) is 0 Å². The average molecular weight is 314 g/mol. The molecule has 7 heteroatoms. The zero-order valence-corrected chi connectivity index (χ0v) is 11.9. The van der Waals surface area contributed by atoms with E-state index in [1.807, 2.05) is 0 Å². The first-order valence-electron chi connectivity index (χ1n) is 7.23. The summed E-state index contributed by atoms with van der Waals surface area (Å²) in [7, 11) is 0. The number of nitrogens with one attached hydrogen (secondary N) is 1. The summed E-state index contributed by atoms with van der Waals surface area (Å²) < 4.78 is 43.0. The summed E-state index contributed by atoms with van der Waals surface area (Å²) in [5.41, 5.74) is -0.361. The van der Waals surface area contributed by atoms with Gasteiger partial charge in [-0.3, -0.25) is 0 Å². The normalized spacial score (nSPS) is 25.0. The fourth-order valence-corrected chi connectivity index (χ4v) is 3.07. The molecule has 0 radical (unpaired) electrons. The van der Waals surface area contributed by atoms with Crippen LogP contribution in [0.2, 0.25) is 0 Å². The molecule has 2 atom stereocenters. The highest BCUT2D eigenvalue weighted by Crippen LogP contribution is 2.30. The number of fused-ring (bicyclic) bond motifs is 2. The smallest absolute Gasteiger partial charge is 0.381 e. The second kappa shape index (κ2) is 5.79. The van der Waals surface area contributed by atoms with Crippen LogP contribution in [0.5, 0.6) is 0 Å². The lowest BCUT2D eigenvalue weighted by Crippen LogP contribution is -2.50. The molecule has 120 valence electrons. The molecule has 1 aromatic rings. The van der Waals surface area contributed by atoms with Crippen molar-refractivity contribution in [2.75, 3.05) is 31.6 Å². The van der Waals surface area contributed by atoms with Gasteiger partial charge in [0, 0.05) is 30.6 Å². The molecule has 2 unspecified atom stereocenters. The molecule has 3 rings (SSSR count). The third-order valence-electron chi connectivity index (χ3n) is 4.08. The van der Waals surface area contributed by atoms with Gasteiger partial charge in [-0.1, -0.05) is 0 Å². The number of nitrogens with zero attached hydrogens (tertiary/aromatic N) is 1. The van der Waals surface area contributed by atoms with E-state index in [4.69, 9.17) is 4.74 Å². The number of carbonyl (C=O) groups is 1. The van der Waals surface area contributed by atoms with Gasteiger partial charge in [-0.15, -0.1) is 0 Å². The number of rotatable bonds is 1. The Hall–Kier alpha value is -1.76. The van der Waals surface area contributed by atoms with E-state index in [2.05, 4.69) is 5.32 Å². The van der Waals surface area contributed by atoms with Gasteiger partial charge in [0.2, 0.25) is 0 Å². The standard InChI is InChI=1S/C15H17F3N2O2/c16-15(17,18)12-1-3-13(4-2-12)19-14(21)20-6-10-5-11(7-20)9-22-8-10/h1-4,10-11H,5-9H2,(H,19,21). The van der Waals surface area contributed by atoms with Gasteiger partial charge in [0.25, 0.3) is 0 Å². The van der Waals surface area contributed by atoms with Crippen molar-refractivity contribution in [2.24, 2.45) is 11.8 Å². The minimum absolute atomic E-state index is 0.267. The maximum absolute atomic E-state index is 12.5. The number of ether oxygens (including phenoxy) is 1. The summed E-state index contributed by atoms with van der Waals surface area (Å²) in [6.07, 6.45) is -3.29. The zero-order valence-electron chi connectivity index (χ0n) is 11.9. The molecular formula is C15H17F3N2O2. The molecule has 0 saturated carbocycles. The molecule has 4 nitrogen and oxygen atoms in total. The lowest BCUT2D eigenvalue weighted by molar-refractivity contribution is -0.137. The van der Waals surface area contributed by atoms with E-state index in [1.54, 1.807) is 4.90 Å². The summed E-state index contributed by atoms with van der Waals surface area (Å²) in [6.45, 7) is 2.59. The lowest BCUT2D eigenvalue weighted by atomic mass is 9.88. The maximum Gasteiger partial charge on any atom is 0.416 e. The number of hydrogen-bond donors (Lipinski definition) is 1. The van der Waals surface area contributed by atoms with E-state index >= 15 is 0 Å². The molecule has 22 heavy (non-hydrogen) atoms. The third-order valence-corrected chi connectivity index (χ3v) is 4.08. The van der Waals surface area contributed by atoms with Gasteiger partial charge in [-0.05, 0) is 30.7 Å². The van der Waals surface area contributed by atoms with Gasteiger partial charge >= 0.3 is 12.2 Å². The van der Waals surface area contributed by atoms with Crippen molar-refractivity contribution in [3.8, 4) is 0 Å². The van der Waals surface area contributed by atoms with Crippen molar-refractivity contribution in [1.82, 2.24) is 4.90 Å². The van der Waals surface area contributed by atoms with E-state index < -0.39 is 11.7 Å². The molecule has 2 bridgehead atoms. The summed E-state index contributed by atoms with van der Waals surface area (Å²) in [5.74, 6) is 0.705. The van der Waals surface area contributed by atoms with E-state index in [9.17, 15) is 18.0 Å². The molecule has 0 aromatic heterocycles. The molecular weight excluding hydrogens is 297 g/mol. The molecule has 2 aliphatic rings. The lowest BCUT2D eigenvalue weighted by Gasteiger charge is -2.40. The van der Waals surface area contributed by atoms with Crippen LogP contribution in [0, 0.1) is 11.8 Å². The number of amides is 2. The van der Waals surface area contributed by atoms with E-state index in [0.717, 1.165) is 18.6 Å². The molecule has 2 saturated heterocycles. The van der Waals surface area contributed by atoms with Gasteiger partial charge in [0.15, 0.2) is 0 Å². The summed E-state index contributed by atoms with van der Waals surface area (Å²) in [4.78, 5) is 14.0. The summed E-state index contributed by atoms with van der Waals surface area (Å²) >= 11 is 0. The second-order valence-corrected chi connectivity index (χ2v) is 5.92. The Morgan fingerprint density at radius 3 is 2.27 bits per heavy atom. The first-order valence-corrected chi connectivity index (χ1v) is 7.23. The highest BCUT2D eigenvalue weighted by molar-refractivity contribution is 5.89. The predicted octanol–water partition coefficient (Wildman–Crippen LogP) is 3.21. The second-order valence-electron chi connectivity index (χ2n) is 5.92. The number of halogens is 3. The number of carbonyl (C=O) groups excluding carboxylic acids is 1. The minimum Gasteiger partial charge on any atom is -0.381 e. The molecule has 1 N–H and O–H groups in total. The van der Waals surface area contributed by atoms with Crippen LogP contribution < -0.4 is 5.32 Å². The fraction of sp³-hybridized carbons (Fsp3) is 0.533. The van der Waals surface area contributed by atoms with Crippen LogP contribution in [0.1, 0.15) is 12.0 Å². The van der Waals surface area contributed by atoms with Crippen LogP contribution >= 0.6 is 0 Å². The van der Waals surface area contributed by atoms with Crippen molar-refractivity contribution >= 4 is 11.7 Å². The van der Waals surface area contributed by atoms with Crippen LogP contribution in [0.15, 0.2) is 24.3 Å². The fourth-order valence-electron chi connectivity index (χ4n) is 3.07. The van der Waals surface area contributed by atoms with Crippen LogP contribution in [0.25, 0.3) is 0 Å². The Labute approximate surface area is 126 Å². The first kappa shape index (κ1) is 15.1. The number of alkyl halides is 3. The Kier molecular flexibility index (Phi) is 3.99.